The van der Waals surface area contributed by atoms with Crippen LogP contribution in [0.3, 0.4) is 0 Å². The summed E-state index contributed by atoms with van der Waals surface area (Å²) in [4.78, 5) is 4.02. The van der Waals surface area contributed by atoms with E-state index in [9.17, 15) is 0 Å². The maximum Gasteiger partial charge on any atom is 0.215 e. The number of aryl methyl sites for hydroxylation is 1. The van der Waals surface area contributed by atoms with E-state index in [1.54, 1.807) is 4.63 Å². The summed E-state index contributed by atoms with van der Waals surface area (Å²) in [5.41, 5.74) is 1.90. The molecule has 2 aromatic rings. The first-order valence-corrected chi connectivity index (χ1v) is 3.31. The molecule has 2 rings (SSSR count). The van der Waals surface area contributed by atoms with Crippen LogP contribution in [-0.2, 0) is 0 Å². The van der Waals surface area contributed by atoms with Crippen molar-refractivity contribution >= 4 is 17.9 Å². The fourth-order valence-corrected chi connectivity index (χ4v) is 1.10. The molecule has 0 bridgehead atoms. The average Bonchev–Trinajstić information content (AvgIpc) is 2.21. The molecule has 0 amide bonds. The molecule has 0 aromatic carbocycles. The summed E-state index contributed by atoms with van der Waals surface area (Å²) in [5.74, 6) is 0. The molecule has 0 aliphatic carbocycles. The number of nitrogens with zero attached hydrogens (tertiary/aromatic N) is 2. The quantitative estimate of drug-likeness (QED) is 0.557. The molecule has 0 spiro atoms. The third kappa shape index (κ3) is 0.672. The number of hydrogen-bond donors (Lipinski definition) is 2. The van der Waals surface area contributed by atoms with Crippen LogP contribution in [0.4, 0.5) is 0 Å². The summed E-state index contributed by atoms with van der Waals surface area (Å²) in [7, 11) is 0. The molecule has 0 saturated heterocycles. The van der Waals surface area contributed by atoms with Crippen LogP contribution in [0.5, 0.6) is 0 Å². The van der Waals surface area contributed by atoms with Crippen LogP contribution in [0.2, 0.25) is 0 Å². The van der Waals surface area contributed by atoms with Crippen molar-refractivity contribution in [3.8, 4) is 0 Å². The molecule has 0 atom stereocenters. The molecule has 0 unspecified atom stereocenters. The largest absolute Gasteiger partial charge is 0.282 e. The van der Waals surface area contributed by atoms with Gasteiger partial charge in [-0.3, -0.25) is 10.2 Å². The third-order valence-electron chi connectivity index (χ3n) is 1.29. The van der Waals surface area contributed by atoms with Crippen LogP contribution in [0.25, 0.3) is 5.65 Å². The van der Waals surface area contributed by atoms with E-state index in [2.05, 4.69) is 15.2 Å². The van der Waals surface area contributed by atoms with E-state index in [-0.39, 0.29) is 0 Å². The molecule has 0 aliphatic heterocycles. The normalized spacial score (nSPS) is 10.9. The number of rotatable bonds is 0. The molecule has 2 aromatic heterocycles. The second-order valence-corrected chi connectivity index (χ2v) is 2.55. The molecule has 2 N–H and O–H groups in total. The summed E-state index contributed by atoms with van der Waals surface area (Å²) < 4.78 is 2.20. The van der Waals surface area contributed by atoms with Crippen molar-refractivity contribution in [1.29, 1.82) is 0 Å². The topological polar surface area (TPSA) is 48.9 Å². The minimum atomic E-state index is 0.506. The lowest BCUT2D eigenvalue weighted by molar-refractivity contribution is 0.802. The Morgan fingerprint density at radius 2 is 2.40 bits per heavy atom. The maximum absolute atomic E-state index is 4.80. The molecule has 4 nitrogen and oxygen atoms in total. The van der Waals surface area contributed by atoms with Crippen LogP contribution in [0.1, 0.15) is 5.69 Å². The second kappa shape index (κ2) is 1.69. The SMILES string of the molecule is Cc1cc2nc(=S)[nH]n2[nH]1. The summed E-state index contributed by atoms with van der Waals surface area (Å²) >= 11 is 4.80. The Balaban J connectivity index is 2.95. The van der Waals surface area contributed by atoms with Crippen LogP contribution in [0, 0.1) is 11.7 Å². The summed E-state index contributed by atoms with van der Waals surface area (Å²) in [6, 6.07) is 1.92. The highest BCUT2D eigenvalue weighted by Gasteiger charge is 1.96. The van der Waals surface area contributed by atoms with Crippen molar-refractivity contribution in [3.63, 3.8) is 0 Å². The molecule has 52 valence electrons. The van der Waals surface area contributed by atoms with E-state index >= 15 is 0 Å². The Morgan fingerprint density at radius 3 is 3.10 bits per heavy atom. The monoisotopic (exact) mass is 154 g/mol. The lowest BCUT2D eigenvalue weighted by atomic mass is 10.5. The van der Waals surface area contributed by atoms with Crippen molar-refractivity contribution < 1.29 is 0 Å². The molecule has 5 heteroatoms. The van der Waals surface area contributed by atoms with Gasteiger partial charge in [-0.15, -0.1) is 0 Å². The molecule has 0 aliphatic rings. The van der Waals surface area contributed by atoms with E-state index in [1.165, 1.54) is 0 Å². The predicted molar refractivity (Wildman–Crippen MR) is 39.5 cm³/mol. The van der Waals surface area contributed by atoms with Gasteiger partial charge in [0, 0.05) is 11.8 Å². The Hall–Kier alpha value is -1.10. The first-order valence-electron chi connectivity index (χ1n) is 2.90. The third-order valence-corrected chi connectivity index (χ3v) is 1.47. The Kier molecular flexibility index (Phi) is 0.960. The van der Waals surface area contributed by atoms with E-state index in [0.717, 1.165) is 11.3 Å². The van der Waals surface area contributed by atoms with Gasteiger partial charge in [0.1, 0.15) is 0 Å². The highest BCUT2D eigenvalue weighted by atomic mass is 32.1. The van der Waals surface area contributed by atoms with E-state index < -0.39 is 0 Å². The van der Waals surface area contributed by atoms with Crippen LogP contribution >= 0.6 is 12.2 Å². The Morgan fingerprint density at radius 1 is 1.60 bits per heavy atom. The zero-order chi connectivity index (χ0) is 7.14. The van der Waals surface area contributed by atoms with Crippen LogP contribution in [-0.4, -0.2) is 19.8 Å². The fraction of sp³-hybridized carbons (Fsp3) is 0.200. The number of nitrogens with one attached hydrogen (secondary N) is 2. The van der Waals surface area contributed by atoms with Crippen molar-refractivity contribution in [3.05, 3.63) is 16.5 Å². The number of aromatic nitrogens is 4. The maximum atomic E-state index is 4.80. The van der Waals surface area contributed by atoms with Gasteiger partial charge in [-0.1, -0.05) is 0 Å². The van der Waals surface area contributed by atoms with Crippen LogP contribution < -0.4 is 0 Å². The molecule has 0 saturated carbocycles. The fourth-order valence-electron chi connectivity index (χ4n) is 0.916. The average molecular weight is 154 g/mol. The van der Waals surface area contributed by atoms with Crippen LogP contribution in [0.15, 0.2) is 6.07 Å². The van der Waals surface area contributed by atoms with Gasteiger partial charge in [0.2, 0.25) is 4.77 Å². The smallest absolute Gasteiger partial charge is 0.215 e. The van der Waals surface area contributed by atoms with Gasteiger partial charge < -0.3 is 0 Å². The number of fused-ring (bicyclic) bond motifs is 1. The molecule has 2 heterocycles. The zero-order valence-corrected chi connectivity index (χ0v) is 6.20. The standard InChI is InChI=1S/C5H6N4S/c1-3-2-4-6-5(10)8-9(4)7-3/h2,7H,1H3,(H,8,10). The highest BCUT2D eigenvalue weighted by Crippen LogP contribution is 1.99. The van der Waals surface area contributed by atoms with Crippen molar-refractivity contribution in [2.45, 2.75) is 6.92 Å². The van der Waals surface area contributed by atoms with Gasteiger partial charge in [0.05, 0.1) is 0 Å². The van der Waals surface area contributed by atoms with Gasteiger partial charge in [-0.05, 0) is 19.1 Å². The first-order chi connectivity index (χ1) is 4.75. The lowest BCUT2D eigenvalue weighted by Gasteiger charge is -1.79. The molecule has 10 heavy (non-hydrogen) atoms. The van der Waals surface area contributed by atoms with E-state index in [0.29, 0.717) is 4.77 Å². The number of hydrogen-bond acceptors (Lipinski definition) is 2. The van der Waals surface area contributed by atoms with Gasteiger partial charge >= 0.3 is 0 Å². The molecular formula is C5H6N4S. The molecular weight excluding hydrogens is 148 g/mol. The minimum Gasteiger partial charge on any atom is -0.282 e. The zero-order valence-electron chi connectivity index (χ0n) is 5.38. The highest BCUT2D eigenvalue weighted by molar-refractivity contribution is 7.71. The van der Waals surface area contributed by atoms with Gasteiger partial charge in [0.15, 0.2) is 5.65 Å². The second-order valence-electron chi connectivity index (χ2n) is 2.16. The molecule has 0 radical (unpaired) electrons. The van der Waals surface area contributed by atoms with Gasteiger partial charge in [0.25, 0.3) is 0 Å². The molecule has 0 fully saturated rings. The first kappa shape index (κ1) is 5.67. The van der Waals surface area contributed by atoms with Gasteiger partial charge in [-0.2, -0.15) is 9.61 Å². The lowest BCUT2D eigenvalue weighted by Crippen LogP contribution is -1.85. The Bertz CT molecular complexity index is 372. The summed E-state index contributed by atoms with van der Waals surface area (Å²) in [6.07, 6.45) is 0. The van der Waals surface area contributed by atoms with Crippen molar-refractivity contribution in [2.24, 2.45) is 0 Å². The van der Waals surface area contributed by atoms with Crippen molar-refractivity contribution in [2.75, 3.05) is 0 Å². The van der Waals surface area contributed by atoms with Crippen molar-refractivity contribution in [1.82, 2.24) is 19.8 Å². The Labute approximate surface area is 61.9 Å². The summed E-state index contributed by atoms with van der Waals surface area (Å²) in [6.45, 7) is 1.96. The van der Waals surface area contributed by atoms with Gasteiger partial charge in [-0.25, -0.2) is 0 Å². The number of H-pyrrole nitrogens is 2. The minimum absolute atomic E-state index is 0.506. The van der Waals surface area contributed by atoms with E-state index in [1.807, 2.05) is 13.0 Å². The summed E-state index contributed by atoms with van der Waals surface area (Å²) in [5, 5.41) is 5.86. The number of aromatic amines is 2. The van der Waals surface area contributed by atoms with E-state index in [4.69, 9.17) is 12.2 Å². The predicted octanol–water partition coefficient (Wildman–Crippen LogP) is 1.03.